The molecular formula is C13H12Cl2N2O3S2. The summed E-state index contributed by atoms with van der Waals surface area (Å²) in [5.41, 5.74) is 1.36. The lowest BCUT2D eigenvalue weighted by atomic mass is 10.2. The van der Waals surface area contributed by atoms with Crippen LogP contribution >= 0.6 is 34.5 Å². The van der Waals surface area contributed by atoms with Crippen molar-refractivity contribution < 1.29 is 13.2 Å². The second-order valence-electron chi connectivity index (χ2n) is 4.39. The predicted octanol–water partition coefficient (Wildman–Crippen LogP) is 3.28. The maximum Gasteiger partial charge on any atom is 0.250 e. The molecule has 1 aromatic heterocycles. The summed E-state index contributed by atoms with van der Waals surface area (Å²) >= 11 is 12.5. The first kappa shape index (κ1) is 17.2. The SMILES string of the molecule is Cc1cc(Cl)ccc1NC(=O)CNS(=O)(=O)c1ccc(Cl)s1. The van der Waals surface area contributed by atoms with Gasteiger partial charge in [-0.2, -0.15) is 0 Å². The van der Waals surface area contributed by atoms with Crippen molar-refractivity contribution in [2.45, 2.75) is 11.1 Å². The minimum absolute atomic E-state index is 0.0629. The van der Waals surface area contributed by atoms with Crippen molar-refractivity contribution in [3.63, 3.8) is 0 Å². The van der Waals surface area contributed by atoms with Gasteiger partial charge in [-0.3, -0.25) is 4.79 Å². The van der Waals surface area contributed by atoms with Crippen LogP contribution in [0.1, 0.15) is 5.56 Å². The summed E-state index contributed by atoms with van der Waals surface area (Å²) in [6.07, 6.45) is 0. The van der Waals surface area contributed by atoms with Gasteiger partial charge in [-0.05, 0) is 42.8 Å². The number of rotatable bonds is 5. The van der Waals surface area contributed by atoms with Crippen LogP contribution in [0.4, 0.5) is 5.69 Å². The first-order chi connectivity index (χ1) is 10.3. The number of halogens is 2. The third-order valence-corrected chi connectivity index (χ3v) is 6.06. The molecule has 2 rings (SSSR count). The molecule has 2 aromatic rings. The summed E-state index contributed by atoms with van der Waals surface area (Å²) in [4.78, 5) is 11.8. The molecule has 0 saturated heterocycles. The molecule has 0 aliphatic heterocycles. The Kier molecular flexibility index (Phi) is 5.46. The van der Waals surface area contributed by atoms with Crippen LogP contribution in [0.15, 0.2) is 34.5 Å². The summed E-state index contributed by atoms with van der Waals surface area (Å²) < 4.78 is 26.6. The van der Waals surface area contributed by atoms with Gasteiger partial charge in [0, 0.05) is 10.7 Å². The van der Waals surface area contributed by atoms with E-state index in [0.29, 0.717) is 15.0 Å². The van der Waals surface area contributed by atoms with Crippen molar-refractivity contribution in [2.24, 2.45) is 0 Å². The average Bonchev–Trinajstić information content (AvgIpc) is 2.87. The average molecular weight is 379 g/mol. The lowest BCUT2D eigenvalue weighted by Crippen LogP contribution is -2.32. The van der Waals surface area contributed by atoms with E-state index in [1.54, 1.807) is 25.1 Å². The number of nitrogens with one attached hydrogen (secondary N) is 2. The highest BCUT2D eigenvalue weighted by Gasteiger charge is 2.18. The van der Waals surface area contributed by atoms with Crippen molar-refractivity contribution >= 4 is 56.2 Å². The molecule has 0 aliphatic carbocycles. The standard InChI is InChI=1S/C13H12Cl2N2O3S2/c1-8-6-9(14)2-3-10(8)17-12(18)7-16-22(19,20)13-5-4-11(15)21-13/h2-6,16H,7H2,1H3,(H,17,18). The number of hydrogen-bond acceptors (Lipinski definition) is 4. The molecule has 1 aromatic carbocycles. The van der Waals surface area contributed by atoms with Crippen molar-refractivity contribution in [1.29, 1.82) is 0 Å². The maximum atomic E-state index is 12.0. The zero-order valence-electron chi connectivity index (χ0n) is 11.4. The Labute approximate surface area is 142 Å². The van der Waals surface area contributed by atoms with Crippen LogP contribution in [-0.2, 0) is 14.8 Å². The van der Waals surface area contributed by atoms with E-state index in [2.05, 4.69) is 10.0 Å². The monoisotopic (exact) mass is 378 g/mol. The van der Waals surface area contributed by atoms with Crippen LogP contribution in [0.25, 0.3) is 0 Å². The van der Waals surface area contributed by atoms with E-state index in [1.807, 2.05) is 0 Å². The third-order valence-electron chi connectivity index (χ3n) is 2.70. The van der Waals surface area contributed by atoms with Crippen LogP contribution < -0.4 is 10.0 Å². The summed E-state index contributed by atoms with van der Waals surface area (Å²) in [5, 5.41) is 3.18. The molecule has 1 heterocycles. The Morgan fingerprint density at radius 3 is 2.55 bits per heavy atom. The highest BCUT2D eigenvalue weighted by molar-refractivity contribution is 7.91. The molecule has 118 valence electrons. The molecule has 0 radical (unpaired) electrons. The van der Waals surface area contributed by atoms with Crippen LogP contribution in [0.3, 0.4) is 0 Å². The Bertz CT molecular complexity index is 803. The fourth-order valence-corrected chi connectivity index (χ4v) is 4.37. The van der Waals surface area contributed by atoms with Gasteiger partial charge in [0.2, 0.25) is 5.91 Å². The fraction of sp³-hybridized carbons (Fsp3) is 0.154. The quantitative estimate of drug-likeness (QED) is 0.837. The molecule has 22 heavy (non-hydrogen) atoms. The lowest BCUT2D eigenvalue weighted by molar-refractivity contribution is -0.115. The summed E-state index contributed by atoms with van der Waals surface area (Å²) in [6, 6.07) is 7.87. The highest BCUT2D eigenvalue weighted by Crippen LogP contribution is 2.25. The van der Waals surface area contributed by atoms with E-state index >= 15 is 0 Å². The van der Waals surface area contributed by atoms with Crippen LogP contribution in [0, 0.1) is 6.92 Å². The molecular weight excluding hydrogens is 367 g/mol. The summed E-state index contributed by atoms with van der Waals surface area (Å²) in [6.45, 7) is 1.42. The predicted molar refractivity (Wildman–Crippen MR) is 89.3 cm³/mol. The van der Waals surface area contributed by atoms with Crippen LogP contribution in [0.2, 0.25) is 9.36 Å². The first-order valence-electron chi connectivity index (χ1n) is 6.09. The molecule has 0 atom stereocenters. The first-order valence-corrected chi connectivity index (χ1v) is 9.14. The van der Waals surface area contributed by atoms with E-state index in [-0.39, 0.29) is 10.8 Å². The number of carbonyl (C=O) groups excluding carboxylic acids is 1. The van der Waals surface area contributed by atoms with Gasteiger partial charge < -0.3 is 5.32 Å². The Morgan fingerprint density at radius 1 is 1.23 bits per heavy atom. The number of aryl methyl sites for hydroxylation is 1. The van der Waals surface area contributed by atoms with Gasteiger partial charge in [0.25, 0.3) is 10.0 Å². The van der Waals surface area contributed by atoms with E-state index in [4.69, 9.17) is 23.2 Å². The van der Waals surface area contributed by atoms with E-state index in [9.17, 15) is 13.2 Å². The summed E-state index contributed by atoms with van der Waals surface area (Å²) in [7, 11) is -3.74. The van der Waals surface area contributed by atoms with E-state index < -0.39 is 15.9 Å². The Morgan fingerprint density at radius 2 is 1.95 bits per heavy atom. The number of carbonyl (C=O) groups is 1. The number of benzene rings is 1. The number of thiophene rings is 1. The van der Waals surface area contributed by atoms with Gasteiger partial charge in [0.15, 0.2) is 0 Å². The largest absolute Gasteiger partial charge is 0.325 e. The minimum atomic E-state index is -3.74. The van der Waals surface area contributed by atoms with Gasteiger partial charge in [0.05, 0.1) is 10.9 Å². The van der Waals surface area contributed by atoms with Gasteiger partial charge in [-0.15, -0.1) is 11.3 Å². The van der Waals surface area contributed by atoms with Crippen molar-refractivity contribution in [3.05, 3.63) is 45.3 Å². The molecule has 0 spiro atoms. The second-order valence-corrected chi connectivity index (χ2v) is 8.54. The topological polar surface area (TPSA) is 75.3 Å². The smallest absolute Gasteiger partial charge is 0.250 e. The number of amides is 1. The van der Waals surface area contributed by atoms with E-state index in [0.717, 1.165) is 16.9 Å². The molecule has 0 unspecified atom stereocenters. The number of anilines is 1. The van der Waals surface area contributed by atoms with Crippen LogP contribution in [0.5, 0.6) is 0 Å². The normalized spacial score (nSPS) is 11.4. The maximum absolute atomic E-state index is 12.0. The molecule has 2 N–H and O–H groups in total. The molecule has 0 saturated carbocycles. The molecule has 1 amide bonds. The van der Waals surface area contributed by atoms with Crippen molar-refractivity contribution in [2.75, 3.05) is 11.9 Å². The van der Waals surface area contributed by atoms with Gasteiger partial charge in [-0.25, -0.2) is 13.1 Å². The van der Waals surface area contributed by atoms with Gasteiger partial charge in [0.1, 0.15) is 4.21 Å². The molecule has 5 nitrogen and oxygen atoms in total. The van der Waals surface area contributed by atoms with Crippen LogP contribution in [-0.4, -0.2) is 20.9 Å². The molecule has 0 aliphatic rings. The Balaban J connectivity index is 1.98. The fourth-order valence-electron chi connectivity index (χ4n) is 1.64. The molecule has 0 fully saturated rings. The zero-order chi connectivity index (χ0) is 16.3. The molecule has 0 bridgehead atoms. The second kappa shape index (κ2) is 6.97. The highest BCUT2D eigenvalue weighted by atomic mass is 35.5. The van der Waals surface area contributed by atoms with Crippen molar-refractivity contribution in [1.82, 2.24) is 4.72 Å². The summed E-state index contributed by atoms with van der Waals surface area (Å²) in [5.74, 6) is -0.475. The Hall–Kier alpha value is -1.12. The third kappa shape index (κ3) is 4.44. The van der Waals surface area contributed by atoms with Gasteiger partial charge >= 0.3 is 0 Å². The van der Waals surface area contributed by atoms with E-state index in [1.165, 1.54) is 12.1 Å². The number of sulfonamides is 1. The minimum Gasteiger partial charge on any atom is -0.325 e. The lowest BCUT2D eigenvalue weighted by Gasteiger charge is -2.09. The van der Waals surface area contributed by atoms with Crippen molar-refractivity contribution in [3.8, 4) is 0 Å². The number of hydrogen-bond donors (Lipinski definition) is 2. The van der Waals surface area contributed by atoms with Gasteiger partial charge in [-0.1, -0.05) is 23.2 Å². The molecule has 9 heteroatoms. The zero-order valence-corrected chi connectivity index (χ0v) is 14.5.